The maximum absolute atomic E-state index is 12.1. The first-order valence-corrected chi connectivity index (χ1v) is 8.08. The summed E-state index contributed by atoms with van der Waals surface area (Å²) in [5.41, 5.74) is 0. The first kappa shape index (κ1) is 17.5. The van der Waals surface area contributed by atoms with Crippen molar-refractivity contribution in [3.05, 3.63) is 0 Å². The number of amides is 1. The van der Waals surface area contributed by atoms with Crippen LogP contribution in [0.3, 0.4) is 0 Å². The lowest BCUT2D eigenvalue weighted by Crippen LogP contribution is -2.45. The number of hydrogen-bond donors (Lipinski definition) is 1. The maximum Gasteiger partial charge on any atom is 0.405 e. The van der Waals surface area contributed by atoms with E-state index in [9.17, 15) is 18.0 Å². The number of carbonyl (C=O) groups excluding carboxylic acids is 1. The summed E-state index contributed by atoms with van der Waals surface area (Å²) >= 11 is 0. The Morgan fingerprint density at radius 3 is 2.82 bits per heavy atom. The molecule has 2 fully saturated rings. The van der Waals surface area contributed by atoms with Crippen molar-refractivity contribution in [2.45, 2.75) is 38.3 Å². The number of alkyl halides is 3. The molecule has 2 aliphatic heterocycles. The van der Waals surface area contributed by atoms with Crippen LogP contribution in [0.2, 0.25) is 0 Å². The number of carbonyl (C=O) groups is 1. The molecule has 0 aromatic heterocycles. The predicted molar refractivity (Wildman–Crippen MR) is 76.4 cm³/mol. The quantitative estimate of drug-likeness (QED) is 0.815. The van der Waals surface area contributed by atoms with E-state index in [4.69, 9.17) is 4.74 Å². The third kappa shape index (κ3) is 6.12. The fraction of sp³-hybridized carbons (Fsp3) is 0.933. The summed E-state index contributed by atoms with van der Waals surface area (Å²) in [6, 6.07) is 0. The molecule has 0 radical (unpaired) electrons. The summed E-state index contributed by atoms with van der Waals surface area (Å²) in [7, 11) is 0. The van der Waals surface area contributed by atoms with Crippen molar-refractivity contribution in [1.29, 1.82) is 0 Å². The topological polar surface area (TPSA) is 41.6 Å². The number of nitrogens with zero attached hydrogens (tertiary/aromatic N) is 1. The highest BCUT2D eigenvalue weighted by Gasteiger charge is 2.31. The lowest BCUT2D eigenvalue weighted by molar-refractivity contribution is -0.141. The van der Waals surface area contributed by atoms with Crippen molar-refractivity contribution >= 4 is 5.91 Å². The number of likely N-dealkylation sites (tertiary alicyclic amines) is 1. The van der Waals surface area contributed by atoms with Crippen molar-refractivity contribution < 1.29 is 22.7 Å². The molecule has 22 heavy (non-hydrogen) atoms. The highest BCUT2D eigenvalue weighted by Crippen LogP contribution is 2.21. The largest absolute Gasteiger partial charge is 0.405 e. The van der Waals surface area contributed by atoms with E-state index in [1.54, 1.807) is 0 Å². The first-order chi connectivity index (χ1) is 10.4. The number of nitrogens with one attached hydrogen (secondary N) is 1. The molecule has 1 amide bonds. The zero-order valence-electron chi connectivity index (χ0n) is 12.8. The van der Waals surface area contributed by atoms with Crippen LogP contribution in [0.25, 0.3) is 0 Å². The molecule has 2 heterocycles. The number of ether oxygens (including phenoxy) is 1. The van der Waals surface area contributed by atoms with Gasteiger partial charge in [-0.2, -0.15) is 13.2 Å². The van der Waals surface area contributed by atoms with Crippen LogP contribution in [0.1, 0.15) is 32.1 Å². The van der Waals surface area contributed by atoms with Gasteiger partial charge >= 0.3 is 6.18 Å². The molecule has 0 spiro atoms. The van der Waals surface area contributed by atoms with Gasteiger partial charge in [0.2, 0.25) is 5.91 Å². The van der Waals surface area contributed by atoms with Crippen LogP contribution in [-0.4, -0.2) is 56.4 Å². The molecule has 0 saturated carbocycles. The lowest BCUT2D eigenvalue weighted by Gasteiger charge is -2.32. The Morgan fingerprint density at radius 1 is 1.32 bits per heavy atom. The Hall–Kier alpha value is -0.820. The number of rotatable bonds is 6. The lowest BCUT2D eigenvalue weighted by atomic mass is 9.96. The molecule has 2 unspecified atom stereocenters. The van der Waals surface area contributed by atoms with Crippen molar-refractivity contribution in [3.63, 3.8) is 0 Å². The van der Waals surface area contributed by atoms with Crippen LogP contribution in [0.5, 0.6) is 0 Å². The average Bonchev–Trinajstić information content (AvgIpc) is 2.97. The molecule has 0 aromatic rings. The smallest absolute Gasteiger partial charge is 0.381 e. The molecule has 2 aliphatic rings. The monoisotopic (exact) mass is 322 g/mol. The fourth-order valence-electron chi connectivity index (χ4n) is 3.22. The van der Waals surface area contributed by atoms with Gasteiger partial charge in [0, 0.05) is 19.8 Å². The second kappa shape index (κ2) is 8.15. The first-order valence-electron chi connectivity index (χ1n) is 8.08. The Labute approximate surface area is 129 Å². The number of hydrogen-bond acceptors (Lipinski definition) is 3. The van der Waals surface area contributed by atoms with Gasteiger partial charge in [-0.3, -0.25) is 4.79 Å². The number of piperidine rings is 1. The minimum absolute atomic E-state index is 0.314. The maximum atomic E-state index is 12.1. The van der Waals surface area contributed by atoms with Crippen LogP contribution in [0.15, 0.2) is 0 Å². The van der Waals surface area contributed by atoms with E-state index in [1.165, 1.54) is 0 Å². The van der Waals surface area contributed by atoms with Gasteiger partial charge in [0.05, 0.1) is 5.92 Å². The Kier molecular flexibility index (Phi) is 6.50. The van der Waals surface area contributed by atoms with Crippen LogP contribution >= 0.6 is 0 Å². The van der Waals surface area contributed by atoms with Crippen molar-refractivity contribution in [1.82, 2.24) is 10.2 Å². The molecule has 0 aromatic carbocycles. The summed E-state index contributed by atoms with van der Waals surface area (Å²) in [6.45, 7) is 2.90. The number of halogens is 3. The zero-order chi connectivity index (χ0) is 16.0. The normalized spacial score (nSPS) is 27.0. The molecule has 7 heteroatoms. The van der Waals surface area contributed by atoms with Crippen LogP contribution in [0.4, 0.5) is 13.2 Å². The van der Waals surface area contributed by atoms with Gasteiger partial charge in [-0.1, -0.05) is 0 Å². The van der Waals surface area contributed by atoms with Gasteiger partial charge in [0.25, 0.3) is 0 Å². The van der Waals surface area contributed by atoms with Gasteiger partial charge < -0.3 is 15.0 Å². The highest BCUT2D eigenvalue weighted by atomic mass is 19.4. The van der Waals surface area contributed by atoms with Crippen LogP contribution < -0.4 is 5.32 Å². The average molecular weight is 322 g/mol. The SMILES string of the molecule is O=C(NCC(F)(F)F)C1CCCN(CCCC2CCOC2)C1. The van der Waals surface area contributed by atoms with Gasteiger partial charge in [-0.25, -0.2) is 0 Å². The molecule has 0 bridgehead atoms. The van der Waals surface area contributed by atoms with Crippen molar-refractivity contribution in [2.24, 2.45) is 11.8 Å². The minimum atomic E-state index is -4.34. The highest BCUT2D eigenvalue weighted by molar-refractivity contribution is 5.79. The Morgan fingerprint density at radius 2 is 2.14 bits per heavy atom. The summed E-state index contributed by atoms with van der Waals surface area (Å²) in [5.74, 6) is -0.132. The van der Waals surface area contributed by atoms with E-state index in [2.05, 4.69) is 4.90 Å². The molecule has 2 saturated heterocycles. The van der Waals surface area contributed by atoms with E-state index in [0.717, 1.165) is 52.0 Å². The predicted octanol–water partition coefficient (Wildman–Crippen LogP) is 2.19. The van der Waals surface area contributed by atoms with E-state index >= 15 is 0 Å². The molecule has 4 nitrogen and oxygen atoms in total. The van der Waals surface area contributed by atoms with Crippen molar-refractivity contribution in [3.8, 4) is 0 Å². The van der Waals surface area contributed by atoms with Gasteiger partial charge in [0.15, 0.2) is 0 Å². The molecule has 2 atom stereocenters. The molecule has 2 rings (SSSR count). The van der Waals surface area contributed by atoms with E-state index in [0.29, 0.717) is 18.9 Å². The molecular weight excluding hydrogens is 297 g/mol. The Balaban J connectivity index is 1.65. The van der Waals surface area contributed by atoms with E-state index in [1.807, 2.05) is 5.32 Å². The molecule has 0 aliphatic carbocycles. The summed E-state index contributed by atoms with van der Waals surface area (Å²) in [6.07, 6.45) is 0.523. The summed E-state index contributed by atoms with van der Waals surface area (Å²) in [4.78, 5) is 14.0. The van der Waals surface area contributed by atoms with Crippen molar-refractivity contribution in [2.75, 3.05) is 39.4 Å². The second-order valence-corrected chi connectivity index (χ2v) is 6.34. The minimum Gasteiger partial charge on any atom is -0.381 e. The molecular formula is C15H25F3N2O2. The molecule has 128 valence electrons. The fourth-order valence-corrected chi connectivity index (χ4v) is 3.22. The third-order valence-electron chi connectivity index (χ3n) is 4.45. The van der Waals surface area contributed by atoms with Gasteiger partial charge in [-0.05, 0) is 51.1 Å². The van der Waals surface area contributed by atoms with E-state index in [-0.39, 0.29) is 5.92 Å². The van der Waals surface area contributed by atoms with E-state index < -0.39 is 18.6 Å². The van der Waals surface area contributed by atoms with Crippen LogP contribution in [0, 0.1) is 11.8 Å². The standard InChI is InChI=1S/C15H25F3N2O2/c16-15(17,18)11-19-14(21)13-4-2-7-20(9-13)6-1-3-12-5-8-22-10-12/h12-13H,1-11H2,(H,19,21). The van der Waals surface area contributed by atoms with Gasteiger partial charge in [0.1, 0.15) is 6.54 Å². The second-order valence-electron chi connectivity index (χ2n) is 6.34. The van der Waals surface area contributed by atoms with Gasteiger partial charge in [-0.15, -0.1) is 0 Å². The third-order valence-corrected chi connectivity index (χ3v) is 4.45. The van der Waals surface area contributed by atoms with Crippen LogP contribution in [-0.2, 0) is 9.53 Å². The summed E-state index contributed by atoms with van der Waals surface area (Å²) < 4.78 is 41.8. The Bertz CT molecular complexity index is 357. The zero-order valence-corrected chi connectivity index (χ0v) is 12.8. The molecule has 1 N–H and O–H groups in total. The summed E-state index contributed by atoms with van der Waals surface area (Å²) in [5, 5.41) is 2.01.